The third-order valence-corrected chi connectivity index (χ3v) is 17.5. The maximum absolute atomic E-state index is 12.8. The zero-order valence-corrected chi connectivity index (χ0v) is 24.0. The molecule has 3 rings (SSSR count). The highest BCUT2D eigenvalue weighted by Gasteiger charge is 2.60. The van der Waals surface area contributed by atoms with Gasteiger partial charge in [-0.25, -0.2) is 4.79 Å². The molecule has 2 fully saturated rings. The zero-order valence-electron chi connectivity index (χ0n) is 22.0. The molecule has 0 unspecified atom stereocenters. The van der Waals surface area contributed by atoms with E-state index in [0.29, 0.717) is 13.0 Å². The van der Waals surface area contributed by atoms with Crippen LogP contribution in [-0.2, 0) is 17.7 Å². The summed E-state index contributed by atoms with van der Waals surface area (Å²) in [5, 5.41) is 10.3. The lowest BCUT2D eigenvalue weighted by Gasteiger charge is -2.51. The summed E-state index contributed by atoms with van der Waals surface area (Å²) >= 11 is 0. The Kier molecular flexibility index (Phi) is 8.18. The minimum absolute atomic E-state index is 0.183. The van der Waals surface area contributed by atoms with Gasteiger partial charge in [-0.2, -0.15) is 0 Å². The van der Waals surface area contributed by atoms with Crippen LogP contribution in [0.15, 0.2) is 15.7 Å². The standard InChI is InChI=1S/C23H42N2O7Si2/c1-13(2)33(14(3)4)29-12-20-19(31-34(32-33,15(5)6)16(7)8)11-22(30-20)25-18(17(9)26)10-21(27)24-23(25)28/h10,13-17,19-20,22,26H,11-12H2,1-9H3,(H,24,27,28)/t17-,19+,20-,22-/m1/s1. The lowest BCUT2D eigenvalue weighted by molar-refractivity contribution is -0.0585. The van der Waals surface area contributed by atoms with Crippen LogP contribution in [0.1, 0.15) is 86.8 Å². The molecule has 2 N–H and O–H groups in total. The van der Waals surface area contributed by atoms with Gasteiger partial charge in [0.15, 0.2) is 0 Å². The van der Waals surface area contributed by atoms with E-state index >= 15 is 0 Å². The fraction of sp³-hybridized carbons (Fsp3) is 0.826. The van der Waals surface area contributed by atoms with E-state index in [4.69, 9.17) is 17.7 Å². The van der Waals surface area contributed by atoms with Gasteiger partial charge >= 0.3 is 22.8 Å². The van der Waals surface area contributed by atoms with E-state index in [9.17, 15) is 14.7 Å². The summed E-state index contributed by atoms with van der Waals surface area (Å²) in [5.41, 5.74) is -0.136. The van der Waals surface area contributed by atoms with Crippen molar-refractivity contribution in [2.75, 3.05) is 6.61 Å². The second-order valence-corrected chi connectivity index (χ2v) is 19.8. The number of aliphatic hydroxyl groups excluding tert-OH is 1. The number of aromatic amines is 1. The van der Waals surface area contributed by atoms with E-state index in [1.807, 2.05) is 0 Å². The quantitative estimate of drug-likeness (QED) is 0.555. The van der Waals surface area contributed by atoms with E-state index in [1.165, 1.54) is 17.6 Å². The first kappa shape index (κ1) is 27.5. The molecule has 2 aliphatic rings. The zero-order chi connectivity index (χ0) is 25.6. The van der Waals surface area contributed by atoms with Gasteiger partial charge in [0.25, 0.3) is 5.56 Å². The van der Waals surface area contributed by atoms with E-state index in [1.54, 1.807) is 0 Å². The number of H-pyrrole nitrogens is 1. The van der Waals surface area contributed by atoms with E-state index in [-0.39, 0.29) is 40.1 Å². The minimum Gasteiger partial charge on any atom is -0.414 e. The van der Waals surface area contributed by atoms with Gasteiger partial charge in [0.1, 0.15) is 12.3 Å². The average molecular weight is 515 g/mol. The molecule has 0 spiro atoms. The predicted octanol–water partition coefficient (Wildman–Crippen LogP) is 3.83. The van der Waals surface area contributed by atoms with Crippen molar-refractivity contribution >= 4 is 17.1 Å². The van der Waals surface area contributed by atoms with Crippen molar-refractivity contribution in [2.45, 2.75) is 115 Å². The number of nitrogens with zero attached hydrogens (tertiary/aromatic N) is 1. The Morgan fingerprint density at radius 2 is 1.50 bits per heavy atom. The van der Waals surface area contributed by atoms with Gasteiger partial charge in [0.2, 0.25) is 0 Å². The number of rotatable bonds is 6. The first-order valence-corrected chi connectivity index (χ1v) is 16.4. The van der Waals surface area contributed by atoms with E-state index in [0.717, 1.165) is 0 Å². The number of hydrogen-bond donors (Lipinski definition) is 2. The van der Waals surface area contributed by atoms with Crippen LogP contribution in [0.2, 0.25) is 22.2 Å². The maximum atomic E-state index is 12.8. The monoisotopic (exact) mass is 514 g/mol. The van der Waals surface area contributed by atoms with Crippen molar-refractivity contribution in [2.24, 2.45) is 0 Å². The molecule has 34 heavy (non-hydrogen) atoms. The molecule has 2 aliphatic heterocycles. The van der Waals surface area contributed by atoms with Crippen molar-refractivity contribution in [1.29, 1.82) is 0 Å². The summed E-state index contributed by atoms with van der Waals surface area (Å²) in [7, 11) is -5.48. The number of ether oxygens (including phenoxy) is 1. The number of aliphatic hydroxyl groups is 1. The molecule has 9 nitrogen and oxygen atoms in total. The average Bonchev–Trinajstić information content (AvgIpc) is 3.08. The molecule has 1 aromatic rings. The molecule has 1 aromatic heterocycles. The van der Waals surface area contributed by atoms with Crippen LogP contribution >= 0.6 is 0 Å². The number of aromatic nitrogens is 2. The van der Waals surface area contributed by atoms with Crippen LogP contribution in [0, 0.1) is 0 Å². The second-order valence-electron chi connectivity index (χ2n) is 10.9. The van der Waals surface area contributed by atoms with Crippen molar-refractivity contribution in [3.63, 3.8) is 0 Å². The SMILES string of the molecule is CC(C)[Si]1(C(C)C)OC[C@H]2O[C@@H](n3c([C@@H](C)O)cc(=O)[nH]c3=O)C[C@@H]2O[Si](C(C)C)(C(C)C)O1. The Hall–Kier alpha value is -1.09. The normalized spacial score (nSPS) is 27.8. The van der Waals surface area contributed by atoms with Crippen LogP contribution in [-0.4, -0.2) is 50.6 Å². The third-order valence-electron chi connectivity index (χ3n) is 7.25. The number of fused-ring (bicyclic) bond motifs is 1. The van der Waals surface area contributed by atoms with Gasteiger partial charge in [-0.1, -0.05) is 55.4 Å². The van der Waals surface area contributed by atoms with E-state index < -0.39 is 40.7 Å². The summed E-state index contributed by atoms with van der Waals surface area (Å²) < 4.78 is 28.6. The Morgan fingerprint density at radius 3 is 2.00 bits per heavy atom. The van der Waals surface area contributed by atoms with Gasteiger partial charge in [-0.3, -0.25) is 14.3 Å². The van der Waals surface area contributed by atoms with Crippen molar-refractivity contribution in [1.82, 2.24) is 9.55 Å². The molecule has 0 saturated carbocycles. The molecule has 194 valence electrons. The molecule has 0 amide bonds. The minimum atomic E-state index is -2.79. The summed E-state index contributed by atoms with van der Waals surface area (Å²) in [5.74, 6) is 0. The molecular formula is C23H42N2O7Si2. The van der Waals surface area contributed by atoms with Crippen LogP contribution in [0.5, 0.6) is 0 Å². The summed E-state index contributed by atoms with van der Waals surface area (Å²) in [6.07, 6.45) is -2.01. The highest BCUT2D eigenvalue weighted by atomic mass is 28.5. The van der Waals surface area contributed by atoms with Crippen molar-refractivity contribution < 1.29 is 22.8 Å². The number of hydrogen-bond acceptors (Lipinski definition) is 7. The first-order chi connectivity index (χ1) is 15.7. The molecule has 0 aliphatic carbocycles. The smallest absolute Gasteiger partial charge is 0.335 e. The number of nitrogens with one attached hydrogen (secondary N) is 1. The van der Waals surface area contributed by atoms with Gasteiger partial charge in [-0.05, 0) is 29.1 Å². The topological polar surface area (TPSA) is 112 Å². The Morgan fingerprint density at radius 1 is 0.941 bits per heavy atom. The van der Waals surface area contributed by atoms with Crippen LogP contribution in [0.25, 0.3) is 0 Å². The molecule has 4 atom stereocenters. The summed E-state index contributed by atoms with van der Waals surface area (Å²) in [4.78, 5) is 26.9. The summed E-state index contributed by atoms with van der Waals surface area (Å²) in [6, 6.07) is 1.24. The van der Waals surface area contributed by atoms with Gasteiger partial charge in [-0.15, -0.1) is 0 Å². The Bertz CT molecular complexity index is 957. The maximum Gasteiger partial charge on any atom is 0.335 e. The third kappa shape index (κ3) is 4.80. The van der Waals surface area contributed by atoms with Crippen molar-refractivity contribution in [3.8, 4) is 0 Å². The predicted molar refractivity (Wildman–Crippen MR) is 134 cm³/mol. The van der Waals surface area contributed by atoms with Crippen LogP contribution in [0.3, 0.4) is 0 Å². The highest BCUT2D eigenvalue weighted by Crippen LogP contribution is 2.48. The lowest BCUT2D eigenvalue weighted by Crippen LogP contribution is -2.65. The second kappa shape index (κ2) is 10.1. The molecular weight excluding hydrogens is 472 g/mol. The molecule has 3 heterocycles. The van der Waals surface area contributed by atoms with Crippen molar-refractivity contribution in [3.05, 3.63) is 32.6 Å². The van der Waals surface area contributed by atoms with E-state index in [2.05, 4.69) is 60.4 Å². The highest BCUT2D eigenvalue weighted by molar-refractivity contribution is 6.83. The van der Waals surface area contributed by atoms with Crippen LogP contribution < -0.4 is 11.2 Å². The molecule has 11 heteroatoms. The van der Waals surface area contributed by atoms with Gasteiger partial charge in [0.05, 0.1) is 24.5 Å². The van der Waals surface area contributed by atoms with Crippen LogP contribution in [0.4, 0.5) is 0 Å². The fourth-order valence-electron chi connectivity index (χ4n) is 5.44. The largest absolute Gasteiger partial charge is 0.414 e. The molecule has 0 aromatic carbocycles. The molecule has 0 radical (unpaired) electrons. The molecule has 0 bridgehead atoms. The Balaban J connectivity index is 2.08. The Labute approximate surface area is 204 Å². The summed E-state index contributed by atoms with van der Waals surface area (Å²) in [6.45, 7) is 19.1. The first-order valence-electron chi connectivity index (χ1n) is 12.5. The molecule has 2 saturated heterocycles. The fourth-order valence-corrected chi connectivity index (χ4v) is 16.7. The van der Waals surface area contributed by atoms with Gasteiger partial charge < -0.3 is 22.8 Å². The lowest BCUT2D eigenvalue weighted by atomic mass is 10.2. The van der Waals surface area contributed by atoms with Gasteiger partial charge in [0, 0.05) is 12.5 Å².